The lowest BCUT2D eigenvalue weighted by atomic mass is 10.2. The Morgan fingerprint density at radius 1 is 1.22 bits per heavy atom. The first-order valence-electron chi connectivity index (χ1n) is 7.18. The maximum Gasteiger partial charge on any atom is 0.294 e. The minimum Gasteiger partial charge on any atom is -0.286 e. The van der Waals surface area contributed by atoms with Gasteiger partial charge >= 0.3 is 0 Å². The van der Waals surface area contributed by atoms with E-state index in [1.165, 1.54) is 17.0 Å². The molecule has 2 rings (SSSR count). The van der Waals surface area contributed by atoms with Gasteiger partial charge in [0.1, 0.15) is 0 Å². The van der Waals surface area contributed by atoms with Crippen molar-refractivity contribution in [3.63, 3.8) is 0 Å². The highest BCUT2D eigenvalue weighted by atomic mass is 32.2. The Morgan fingerprint density at radius 3 is 2.35 bits per heavy atom. The van der Waals surface area contributed by atoms with Crippen molar-refractivity contribution in [2.24, 2.45) is 0 Å². The molecule has 0 radical (unpaired) electrons. The molecule has 1 aromatic carbocycles. The van der Waals surface area contributed by atoms with Crippen LogP contribution >= 0.6 is 11.8 Å². The van der Waals surface area contributed by atoms with E-state index < -0.39 is 4.92 Å². The number of non-ortho nitro benzene ring substituents is 1. The predicted molar refractivity (Wildman–Crippen MR) is 88.7 cm³/mol. The molecule has 23 heavy (non-hydrogen) atoms. The fourth-order valence-electron chi connectivity index (χ4n) is 2.09. The number of carbonyl (C=O) groups is 2. The third kappa shape index (κ3) is 3.96. The molecule has 1 aliphatic rings. The number of rotatable bonds is 6. The van der Waals surface area contributed by atoms with E-state index in [1.807, 2.05) is 18.7 Å². The molecular formula is C15H17N3O4S. The number of nitro benzene ring substituents is 1. The number of benzene rings is 1. The standard InChI is InChI=1S/C15H17N3O4S/c1-3-16(4-2)10-17-14(19)13(23-15(17)20)9-11-5-7-12(8-6-11)18(21)22/h5-9H,3-4,10H2,1-2H3/b13-9+. The van der Waals surface area contributed by atoms with Crippen molar-refractivity contribution in [1.82, 2.24) is 9.80 Å². The summed E-state index contributed by atoms with van der Waals surface area (Å²) in [5.74, 6) is -0.328. The monoisotopic (exact) mass is 335 g/mol. The largest absolute Gasteiger partial charge is 0.294 e. The number of nitrogens with zero attached hydrogens (tertiary/aromatic N) is 3. The summed E-state index contributed by atoms with van der Waals surface area (Å²) >= 11 is 0.888. The van der Waals surface area contributed by atoms with Crippen molar-refractivity contribution in [2.45, 2.75) is 13.8 Å². The summed E-state index contributed by atoms with van der Waals surface area (Å²) in [6.07, 6.45) is 1.58. The van der Waals surface area contributed by atoms with Crippen LogP contribution in [-0.2, 0) is 4.79 Å². The second kappa shape index (κ2) is 7.38. The quantitative estimate of drug-likeness (QED) is 0.451. The average molecular weight is 335 g/mol. The maximum absolute atomic E-state index is 12.3. The summed E-state index contributed by atoms with van der Waals surface area (Å²) in [5.41, 5.74) is 0.626. The number of thioether (sulfide) groups is 1. The SMILES string of the molecule is CCN(CC)CN1C(=O)S/C(=C/c2ccc([N+](=O)[O-])cc2)C1=O. The Hall–Kier alpha value is -2.19. The van der Waals surface area contributed by atoms with Gasteiger partial charge in [-0.05, 0) is 48.6 Å². The van der Waals surface area contributed by atoms with Crippen LogP contribution in [-0.4, -0.2) is 45.6 Å². The fourth-order valence-corrected chi connectivity index (χ4v) is 2.92. The molecule has 0 aromatic heterocycles. The summed E-state index contributed by atoms with van der Waals surface area (Å²) in [7, 11) is 0. The van der Waals surface area contributed by atoms with E-state index in [0.717, 1.165) is 24.9 Å². The van der Waals surface area contributed by atoms with Crippen LogP contribution in [0, 0.1) is 10.1 Å². The van der Waals surface area contributed by atoms with Crippen molar-refractivity contribution < 1.29 is 14.5 Å². The molecule has 1 saturated heterocycles. The fraction of sp³-hybridized carbons (Fsp3) is 0.333. The second-order valence-electron chi connectivity index (χ2n) is 4.90. The summed E-state index contributed by atoms with van der Waals surface area (Å²) in [4.78, 5) is 38.0. The number of imide groups is 1. The summed E-state index contributed by atoms with van der Waals surface area (Å²) in [6, 6.07) is 5.84. The number of amides is 2. The second-order valence-corrected chi connectivity index (χ2v) is 5.90. The number of nitro groups is 1. The molecule has 0 N–H and O–H groups in total. The highest BCUT2D eigenvalue weighted by Crippen LogP contribution is 2.32. The van der Waals surface area contributed by atoms with Gasteiger partial charge in [-0.1, -0.05) is 13.8 Å². The molecule has 1 heterocycles. The topological polar surface area (TPSA) is 83.8 Å². The normalized spacial score (nSPS) is 16.7. The molecule has 1 fully saturated rings. The average Bonchev–Trinajstić information content (AvgIpc) is 2.80. The van der Waals surface area contributed by atoms with Gasteiger partial charge in [0.25, 0.3) is 16.8 Å². The molecule has 7 nitrogen and oxygen atoms in total. The molecule has 0 unspecified atom stereocenters. The van der Waals surface area contributed by atoms with Crippen LogP contribution in [0.3, 0.4) is 0 Å². The zero-order valence-electron chi connectivity index (χ0n) is 12.9. The van der Waals surface area contributed by atoms with Crippen LogP contribution in [0.5, 0.6) is 0 Å². The first-order chi connectivity index (χ1) is 11.0. The zero-order chi connectivity index (χ0) is 17.0. The molecule has 0 atom stereocenters. The molecule has 0 aliphatic carbocycles. The first-order valence-corrected chi connectivity index (χ1v) is 8.00. The highest BCUT2D eigenvalue weighted by Gasteiger charge is 2.35. The summed E-state index contributed by atoms with van der Waals surface area (Å²) in [5, 5.41) is 10.3. The molecule has 2 amide bonds. The van der Waals surface area contributed by atoms with E-state index in [0.29, 0.717) is 10.5 Å². The van der Waals surface area contributed by atoms with Crippen LogP contribution in [0.1, 0.15) is 19.4 Å². The smallest absolute Gasteiger partial charge is 0.286 e. The van der Waals surface area contributed by atoms with E-state index in [4.69, 9.17) is 0 Å². The summed E-state index contributed by atoms with van der Waals surface area (Å²) < 4.78 is 0. The van der Waals surface area contributed by atoms with Crippen molar-refractivity contribution in [3.05, 3.63) is 44.8 Å². The molecule has 0 bridgehead atoms. The van der Waals surface area contributed by atoms with Gasteiger partial charge in [-0.2, -0.15) is 0 Å². The van der Waals surface area contributed by atoms with Crippen molar-refractivity contribution >= 4 is 34.7 Å². The van der Waals surface area contributed by atoms with Gasteiger partial charge in [-0.15, -0.1) is 0 Å². The van der Waals surface area contributed by atoms with Gasteiger partial charge in [0, 0.05) is 12.1 Å². The number of carbonyl (C=O) groups excluding carboxylic acids is 2. The van der Waals surface area contributed by atoms with Crippen LogP contribution < -0.4 is 0 Å². The number of hydrogen-bond donors (Lipinski definition) is 0. The van der Waals surface area contributed by atoms with Crippen molar-refractivity contribution in [1.29, 1.82) is 0 Å². The van der Waals surface area contributed by atoms with E-state index >= 15 is 0 Å². The Labute approximate surface area is 138 Å². The van der Waals surface area contributed by atoms with Gasteiger partial charge in [-0.25, -0.2) is 0 Å². The molecule has 1 aromatic rings. The van der Waals surface area contributed by atoms with E-state index in [2.05, 4.69) is 0 Å². The lowest BCUT2D eigenvalue weighted by molar-refractivity contribution is -0.384. The van der Waals surface area contributed by atoms with Gasteiger partial charge in [0.2, 0.25) is 0 Å². The molecule has 122 valence electrons. The van der Waals surface area contributed by atoms with Gasteiger partial charge < -0.3 is 0 Å². The number of hydrogen-bond acceptors (Lipinski definition) is 6. The Balaban J connectivity index is 2.16. The Morgan fingerprint density at radius 2 is 1.83 bits per heavy atom. The summed E-state index contributed by atoms with van der Waals surface area (Å²) in [6.45, 7) is 5.71. The Kier molecular flexibility index (Phi) is 5.51. The third-order valence-corrected chi connectivity index (χ3v) is 4.42. The molecule has 0 spiro atoms. The predicted octanol–water partition coefficient (Wildman–Crippen LogP) is 2.93. The third-order valence-electron chi connectivity index (χ3n) is 3.51. The first kappa shape index (κ1) is 17.2. The highest BCUT2D eigenvalue weighted by molar-refractivity contribution is 8.18. The lowest BCUT2D eigenvalue weighted by Crippen LogP contribution is -2.40. The van der Waals surface area contributed by atoms with Crippen LogP contribution in [0.4, 0.5) is 10.5 Å². The van der Waals surface area contributed by atoms with Gasteiger partial charge in [0.05, 0.1) is 16.5 Å². The minimum atomic E-state index is -0.484. The zero-order valence-corrected chi connectivity index (χ0v) is 13.7. The van der Waals surface area contributed by atoms with E-state index in [1.54, 1.807) is 18.2 Å². The minimum absolute atomic E-state index is 0.0169. The maximum atomic E-state index is 12.3. The van der Waals surface area contributed by atoms with Crippen LogP contribution in [0.15, 0.2) is 29.2 Å². The Bertz CT molecular complexity index is 653. The van der Waals surface area contributed by atoms with Crippen molar-refractivity contribution in [3.8, 4) is 0 Å². The molecule has 1 aliphatic heterocycles. The van der Waals surface area contributed by atoms with E-state index in [9.17, 15) is 19.7 Å². The van der Waals surface area contributed by atoms with Gasteiger partial charge in [0.15, 0.2) is 0 Å². The van der Waals surface area contributed by atoms with E-state index in [-0.39, 0.29) is 23.5 Å². The van der Waals surface area contributed by atoms with Crippen LogP contribution in [0.2, 0.25) is 0 Å². The van der Waals surface area contributed by atoms with Crippen molar-refractivity contribution in [2.75, 3.05) is 19.8 Å². The lowest BCUT2D eigenvalue weighted by Gasteiger charge is -2.23. The molecule has 0 saturated carbocycles. The van der Waals surface area contributed by atoms with Crippen LogP contribution in [0.25, 0.3) is 6.08 Å². The van der Waals surface area contributed by atoms with Gasteiger partial charge in [-0.3, -0.25) is 29.5 Å². The molecule has 8 heteroatoms. The molecular weight excluding hydrogens is 318 g/mol.